The second-order valence-electron chi connectivity index (χ2n) is 2.85. The van der Waals surface area contributed by atoms with Crippen molar-refractivity contribution in [2.45, 2.75) is 19.6 Å². The van der Waals surface area contributed by atoms with Crippen LogP contribution in [0.1, 0.15) is 16.7 Å². The highest BCUT2D eigenvalue weighted by molar-refractivity contribution is 5.32. The average molecular weight is 189 g/mol. The van der Waals surface area contributed by atoms with Crippen LogP contribution in [0.3, 0.4) is 0 Å². The lowest BCUT2D eigenvalue weighted by Gasteiger charge is -2.10. The van der Waals surface area contributed by atoms with Gasteiger partial charge in [0.05, 0.1) is 5.56 Å². The average Bonchev–Trinajstić information content (AvgIpc) is 2.01. The zero-order chi connectivity index (χ0) is 10.1. The van der Waals surface area contributed by atoms with E-state index in [9.17, 15) is 13.2 Å². The summed E-state index contributed by atoms with van der Waals surface area (Å²) >= 11 is 0. The fourth-order valence-corrected chi connectivity index (χ4v) is 1.17. The molecule has 1 rings (SSSR count). The monoisotopic (exact) mass is 189 g/mol. The minimum atomic E-state index is -4.27. The Hall–Kier alpha value is -1.03. The fraction of sp³-hybridized carbons (Fsp3) is 0.333. The first kappa shape index (κ1) is 10.1. The fourth-order valence-electron chi connectivity index (χ4n) is 1.17. The molecule has 2 N–H and O–H groups in total. The number of aryl methyl sites for hydroxylation is 1. The minimum Gasteiger partial charge on any atom is -0.326 e. The lowest BCUT2D eigenvalue weighted by Crippen LogP contribution is -2.08. The van der Waals surface area contributed by atoms with Crippen molar-refractivity contribution in [3.05, 3.63) is 34.9 Å². The van der Waals surface area contributed by atoms with Crippen LogP contribution in [-0.2, 0) is 12.7 Å². The van der Waals surface area contributed by atoms with E-state index in [1.54, 1.807) is 0 Å². The van der Waals surface area contributed by atoms with Crippen LogP contribution >= 0.6 is 0 Å². The number of benzene rings is 1. The summed E-state index contributed by atoms with van der Waals surface area (Å²) in [7, 11) is 0. The molecule has 0 saturated carbocycles. The molecule has 0 aliphatic rings. The molecule has 0 spiro atoms. The van der Waals surface area contributed by atoms with Crippen LogP contribution in [-0.4, -0.2) is 0 Å². The van der Waals surface area contributed by atoms with E-state index in [1.807, 2.05) is 0 Å². The van der Waals surface area contributed by atoms with E-state index < -0.39 is 11.7 Å². The lowest BCUT2D eigenvalue weighted by molar-refractivity contribution is -0.138. The lowest BCUT2D eigenvalue weighted by atomic mass is 10.1. The summed E-state index contributed by atoms with van der Waals surface area (Å²) in [6.45, 7) is 1.70. The summed E-state index contributed by atoms with van der Waals surface area (Å²) in [5, 5.41) is 0. The maximum Gasteiger partial charge on any atom is 0.416 e. The van der Waals surface area contributed by atoms with Crippen LogP contribution < -0.4 is 5.73 Å². The third-order valence-corrected chi connectivity index (χ3v) is 1.83. The predicted molar refractivity (Wildman–Crippen MR) is 44.1 cm³/mol. The smallest absolute Gasteiger partial charge is 0.326 e. The number of hydrogen-bond donors (Lipinski definition) is 1. The maximum absolute atomic E-state index is 12.3. The van der Waals surface area contributed by atoms with Crippen molar-refractivity contribution < 1.29 is 13.2 Å². The number of hydrogen-bond acceptors (Lipinski definition) is 1. The van der Waals surface area contributed by atoms with E-state index in [-0.39, 0.29) is 12.1 Å². The normalized spacial score (nSPS) is 11.8. The van der Waals surface area contributed by atoms with Crippen molar-refractivity contribution in [2.75, 3.05) is 0 Å². The second kappa shape index (κ2) is 3.38. The Morgan fingerprint density at radius 1 is 1.31 bits per heavy atom. The molecular formula is C9H10F3N. The summed E-state index contributed by atoms with van der Waals surface area (Å²) in [6, 6.07) is 3.93. The molecule has 1 aromatic carbocycles. The first-order chi connectivity index (χ1) is 5.95. The summed E-state index contributed by atoms with van der Waals surface area (Å²) in [6.07, 6.45) is -4.27. The molecule has 0 aromatic heterocycles. The third-order valence-electron chi connectivity index (χ3n) is 1.83. The SMILES string of the molecule is Cc1cc(CN)ccc1C(F)(F)F. The largest absolute Gasteiger partial charge is 0.416 e. The summed E-state index contributed by atoms with van der Waals surface area (Å²) in [5.41, 5.74) is 5.64. The number of alkyl halides is 3. The molecule has 72 valence electrons. The molecule has 0 bridgehead atoms. The third kappa shape index (κ3) is 2.21. The summed E-state index contributed by atoms with van der Waals surface area (Å²) < 4.78 is 36.8. The number of rotatable bonds is 1. The summed E-state index contributed by atoms with van der Waals surface area (Å²) in [4.78, 5) is 0. The van der Waals surface area contributed by atoms with E-state index in [4.69, 9.17) is 5.73 Å². The van der Waals surface area contributed by atoms with Crippen LogP contribution in [0.25, 0.3) is 0 Å². The van der Waals surface area contributed by atoms with Crippen LogP contribution in [0, 0.1) is 6.92 Å². The molecule has 13 heavy (non-hydrogen) atoms. The van der Waals surface area contributed by atoms with Crippen molar-refractivity contribution in [2.24, 2.45) is 5.73 Å². The Morgan fingerprint density at radius 3 is 2.31 bits per heavy atom. The molecule has 0 aliphatic heterocycles. The molecule has 0 atom stereocenters. The standard InChI is InChI=1S/C9H10F3N/c1-6-4-7(5-13)2-3-8(6)9(10,11)12/h2-4H,5,13H2,1H3. The van der Waals surface area contributed by atoms with Gasteiger partial charge in [0, 0.05) is 6.54 Å². The van der Waals surface area contributed by atoms with Gasteiger partial charge >= 0.3 is 6.18 Å². The van der Waals surface area contributed by atoms with Crippen molar-refractivity contribution in [1.29, 1.82) is 0 Å². The molecule has 1 aromatic rings. The van der Waals surface area contributed by atoms with Gasteiger partial charge < -0.3 is 5.73 Å². The molecule has 1 nitrogen and oxygen atoms in total. The van der Waals surface area contributed by atoms with Crippen molar-refractivity contribution in [1.82, 2.24) is 0 Å². The molecule has 0 heterocycles. The van der Waals surface area contributed by atoms with Gasteiger partial charge in [0.25, 0.3) is 0 Å². The van der Waals surface area contributed by atoms with E-state index in [2.05, 4.69) is 0 Å². The van der Waals surface area contributed by atoms with Crippen molar-refractivity contribution in [3.8, 4) is 0 Å². The van der Waals surface area contributed by atoms with Gasteiger partial charge in [0.1, 0.15) is 0 Å². The van der Waals surface area contributed by atoms with Crippen LogP contribution in [0.2, 0.25) is 0 Å². The van der Waals surface area contributed by atoms with Gasteiger partial charge in [0.15, 0.2) is 0 Å². The van der Waals surface area contributed by atoms with Gasteiger partial charge in [-0.15, -0.1) is 0 Å². The van der Waals surface area contributed by atoms with E-state index >= 15 is 0 Å². The number of nitrogens with two attached hydrogens (primary N) is 1. The second-order valence-corrected chi connectivity index (χ2v) is 2.85. The Labute approximate surface area is 74.4 Å². The Bertz CT molecular complexity index is 304. The van der Waals surface area contributed by atoms with Gasteiger partial charge in [-0.25, -0.2) is 0 Å². The Morgan fingerprint density at radius 2 is 1.92 bits per heavy atom. The van der Waals surface area contributed by atoms with Gasteiger partial charge in [-0.2, -0.15) is 13.2 Å². The topological polar surface area (TPSA) is 26.0 Å². The molecule has 0 radical (unpaired) electrons. The highest BCUT2D eigenvalue weighted by Crippen LogP contribution is 2.31. The Balaban J connectivity index is 3.13. The first-order valence-corrected chi connectivity index (χ1v) is 3.82. The number of halogens is 3. The molecule has 0 saturated heterocycles. The van der Waals surface area contributed by atoms with Gasteiger partial charge in [0.2, 0.25) is 0 Å². The van der Waals surface area contributed by atoms with Crippen molar-refractivity contribution >= 4 is 0 Å². The maximum atomic E-state index is 12.3. The minimum absolute atomic E-state index is 0.218. The Kier molecular flexibility index (Phi) is 2.61. The van der Waals surface area contributed by atoms with Gasteiger partial charge in [-0.1, -0.05) is 12.1 Å². The molecular weight excluding hydrogens is 179 g/mol. The highest BCUT2D eigenvalue weighted by Gasteiger charge is 2.31. The zero-order valence-electron chi connectivity index (χ0n) is 7.15. The molecule has 0 aliphatic carbocycles. The van der Waals surface area contributed by atoms with Gasteiger partial charge in [-0.05, 0) is 24.1 Å². The summed E-state index contributed by atoms with van der Waals surface area (Å²) in [5.74, 6) is 0. The molecule has 0 fully saturated rings. The quantitative estimate of drug-likeness (QED) is 0.721. The van der Waals surface area contributed by atoms with Crippen LogP contribution in [0.5, 0.6) is 0 Å². The van der Waals surface area contributed by atoms with Crippen molar-refractivity contribution in [3.63, 3.8) is 0 Å². The van der Waals surface area contributed by atoms with E-state index in [0.717, 1.165) is 6.07 Å². The first-order valence-electron chi connectivity index (χ1n) is 3.82. The predicted octanol–water partition coefficient (Wildman–Crippen LogP) is 2.47. The van der Waals surface area contributed by atoms with E-state index in [1.165, 1.54) is 19.1 Å². The van der Waals surface area contributed by atoms with Gasteiger partial charge in [-0.3, -0.25) is 0 Å². The zero-order valence-corrected chi connectivity index (χ0v) is 7.15. The van der Waals surface area contributed by atoms with E-state index in [0.29, 0.717) is 5.56 Å². The van der Waals surface area contributed by atoms with Crippen LogP contribution in [0.15, 0.2) is 18.2 Å². The molecule has 0 unspecified atom stereocenters. The molecule has 0 amide bonds. The molecule has 4 heteroatoms. The van der Waals surface area contributed by atoms with Crippen LogP contribution in [0.4, 0.5) is 13.2 Å². The highest BCUT2D eigenvalue weighted by atomic mass is 19.4.